The molecule has 1 unspecified atom stereocenters. The zero-order chi connectivity index (χ0) is 14.1. The Kier molecular flexibility index (Phi) is 8.91. The average molecular weight is 293 g/mol. The summed E-state index contributed by atoms with van der Waals surface area (Å²) < 4.78 is 4.56. The summed E-state index contributed by atoms with van der Waals surface area (Å²) in [5, 5.41) is 2.53. The molecule has 0 spiro atoms. The van der Waals surface area contributed by atoms with Crippen LogP contribution in [-0.4, -0.2) is 36.6 Å². The van der Waals surface area contributed by atoms with Crippen molar-refractivity contribution < 1.29 is 19.1 Å². The molecule has 7 heteroatoms. The van der Waals surface area contributed by atoms with Gasteiger partial charge >= 0.3 is 5.97 Å². The number of thiol groups is 1. The van der Waals surface area contributed by atoms with Crippen LogP contribution in [0.4, 0.5) is 0 Å². The quantitative estimate of drug-likeness (QED) is 0.400. The minimum absolute atomic E-state index is 0.0309. The molecule has 0 saturated carbocycles. The molecule has 0 aliphatic heterocycles. The maximum absolute atomic E-state index is 11.6. The molecule has 0 aliphatic carbocycles. The SMILES string of the molecule is COC(=O)C(CSS)NC(=O)CCC(=O)C(C)C. The Morgan fingerprint density at radius 2 is 1.89 bits per heavy atom. The highest BCUT2D eigenvalue weighted by molar-refractivity contribution is 8.68. The number of hydrogen-bond donors (Lipinski definition) is 2. The van der Waals surface area contributed by atoms with Gasteiger partial charge in [-0.1, -0.05) is 24.6 Å². The number of Topliss-reactive ketones (excluding diaryl/α,β-unsaturated/α-hetero) is 1. The Hall–Kier alpha value is -0.690. The monoisotopic (exact) mass is 293 g/mol. The summed E-state index contributed by atoms with van der Waals surface area (Å²) in [5.74, 6) is -0.577. The van der Waals surface area contributed by atoms with Crippen LogP contribution in [0.1, 0.15) is 26.7 Å². The molecule has 0 aromatic rings. The van der Waals surface area contributed by atoms with Crippen molar-refractivity contribution in [2.45, 2.75) is 32.7 Å². The summed E-state index contributed by atoms with van der Waals surface area (Å²) in [5.41, 5.74) is 0. The van der Waals surface area contributed by atoms with Crippen LogP contribution in [0.2, 0.25) is 0 Å². The molecular weight excluding hydrogens is 274 g/mol. The molecule has 0 radical (unpaired) electrons. The molecule has 1 N–H and O–H groups in total. The van der Waals surface area contributed by atoms with E-state index in [4.69, 9.17) is 0 Å². The molecule has 5 nitrogen and oxygen atoms in total. The normalized spacial score (nSPS) is 12.1. The number of ether oxygens (including phenoxy) is 1. The van der Waals surface area contributed by atoms with E-state index < -0.39 is 12.0 Å². The maximum Gasteiger partial charge on any atom is 0.329 e. The van der Waals surface area contributed by atoms with E-state index in [0.29, 0.717) is 5.75 Å². The Balaban J connectivity index is 4.18. The fourth-order valence-corrected chi connectivity index (χ4v) is 1.99. The van der Waals surface area contributed by atoms with Crippen LogP contribution in [0, 0.1) is 5.92 Å². The predicted octanol–water partition coefficient (Wildman–Crippen LogP) is 1.23. The van der Waals surface area contributed by atoms with Gasteiger partial charge in [0.05, 0.1) is 7.11 Å². The number of carbonyl (C=O) groups excluding carboxylic acids is 3. The molecule has 0 rings (SSSR count). The van der Waals surface area contributed by atoms with E-state index in [1.165, 1.54) is 7.11 Å². The number of ketones is 1. The van der Waals surface area contributed by atoms with Crippen molar-refractivity contribution in [1.82, 2.24) is 5.32 Å². The Morgan fingerprint density at radius 3 is 2.33 bits per heavy atom. The molecule has 1 atom stereocenters. The molecule has 104 valence electrons. The van der Waals surface area contributed by atoms with Crippen molar-refractivity contribution in [3.05, 3.63) is 0 Å². The zero-order valence-electron chi connectivity index (χ0n) is 10.8. The summed E-state index contributed by atoms with van der Waals surface area (Å²) in [6.07, 6.45) is 0.271. The Bertz CT molecular complexity index is 307. The lowest BCUT2D eigenvalue weighted by molar-refractivity contribution is -0.144. The summed E-state index contributed by atoms with van der Waals surface area (Å²) in [6.45, 7) is 3.57. The second kappa shape index (κ2) is 9.27. The zero-order valence-corrected chi connectivity index (χ0v) is 12.5. The summed E-state index contributed by atoms with van der Waals surface area (Å²) >= 11 is 3.93. The fraction of sp³-hybridized carbons (Fsp3) is 0.727. The second-order valence-corrected chi connectivity index (χ2v) is 5.43. The summed E-state index contributed by atoms with van der Waals surface area (Å²) in [7, 11) is 2.39. The first kappa shape index (κ1) is 17.3. The average Bonchev–Trinajstić information content (AvgIpc) is 2.34. The highest BCUT2D eigenvalue weighted by Gasteiger charge is 2.21. The molecule has 0 aromatic heterocycles. The van der Waals surface area contributed by atoms with Gasteiger partial charge in [-0.15, -0.1) is 11.7 Å². The highest BCUT2D eigenvalue weighted by Crippen LogP contribution is 2.08. The lowest BCUT2D eigenvalue weighted by Gasteiger charge is -2.15. The second-order valence-electron chi connectivity index (χ2n) is 4.06. The van der Waals surface area contributed by atoms with Crippen LogP contribution in [0.3, 0.4) is 0 Å². The van der Waals surface area contributed by atoms with Crippen molar-refractivity contribution in [1.29, 1.82) is 0 Å². The number of carbonyl (C=O) groups is 3. The fourth-order valence-electron chi connectivity index (χ4n) is 1.18. The number of nitrogens with one attached hydrogen (secondary N) is 1. The van der Waals surface area contributed by atoms with Crippen LogP contribution in [0.25, 0.3) is 0 Å². The van der Waals surface area contributed by atoms with E-state index in [1.54, 1.807) is 13.8 Å². The smallest absolute Gasteiger partial charge is 0.329 e. The van der Waals surface area contributed by atoms with Gasteiger partial charge in [0.25, 0.3) is 0 Å². The van der Waals surface area contributed by atoms with Gasteiger partial charge in [-0.05, 0) is 0 Å². The molecule has 0 fully saturated rings. The molecule has 18 heavy (non-hydrogen) atoms. The number of esters is 1. The van der Waals surface area contributed by atoms with E-state index in [0.717, 1.165) is 10.8 Å². The van der Waals surface area contributed by atoms with Crippen LogP contribution in [0.5, 0.6) is 0 Å². The van der Waals surface area contributed by atoms with E-state index >= 15 is 0 Å². The Labute approximate surface area is 116 Å². The van der Waals surface area contributed by atoms with Gasteiger partial charge in [0.2, 0.25) is 5.91 Å². The first-order valence-corrected chi connectivity index (χ1v) is 7.62. The lowest BCUT2D eigenvalue weighted by atomic mass is 10.0. The standard InChI is InChI=1S/C11H19NO4S2/c1-7(2)9(13)4-5-10(14)12-8(6-18-17)11(15)16-3/h7-8,17H,4-6H2,1-3H3,(H,12,14). The molecule has 0 bridgehead atoms. The highest BCUT2D eigenvalue weighted by atomic mass is 33.1. The van der Waals surface area contributed by atoms with Gasteiger partial charge in [-0.25, -0.2) is 4.79 Å². The predicted molar refractivity (Wildman–Crippen MR) is 74.5 cm³/mol. The first-order valence-electron chi connectivity index (χ1n) is 5.58. The van der Waals surface area contributed by atoms with Crippen LogP contribution in [-0.2, 0) is 19.1 Å². The lowest BCUT2D eigenvalue weighted by Crippen LogP contribution is -2.43. The van der Waals surface area contributed by atoms with Gasteiger partial charge in [-0.2, -0.15) is 0 Å². The third kappa shape index (κ3) is 6.90. The maximum atomic E-state index is 11.6. The molecule has 0 aromatic carbocycles. The number of rotatable bonds is 8. The van der Waals surface area contributed by atoms with Crippen LogP contribution < -0.4 is 5.32 Å². The minimum Gasteiger partial charge on any atom is -0.467 e. The largest absolute Gasteiger partial charge is 0.467 e. The van der Waals surface area contributed by atoms with Gasteiger partial charge in [0.1, 0.15) is 11.8 Å². The van der Waals surface area contributed by atoms with Crippen molar-refractivity contribution >= 4 is 40.1 Å². The van der Waals surface area contributed by atoms with Crippen molar-refractivity contribution in [3.63, 3.8) is 0 Å². The number of methoxy groups -OCH3 is 1. The van der Waals surface area contributed by atoms with Gasteiger partial charge < -0.3 is 10.1 Å². The molecule has 0 heterocycles. The molecule has 1 amide bonds. The first-order chi connectivity index (χ1) is 8.42. The van der Waals surface area contributed by atoms with Gasteiger partial charge in [-0.3, -0.25) is 9.59 Å². The van der Waals surface area contributed by atoms with Crippen molar-refractivity contribution in [3.8, 4) is 0 Å². The topological polar surface area (TPSA) is 72.5 Å². The van der Waals surface area contributed by atoms with E-state index in [1.807, 2.05) is 0 Å². The van der Waals surface area contributed by atoms with E-state index in [-0.39, 0.29) is 30.4 Å². The third-order valence-corrected chi connectivity index (χ3v) is 3.23. The van der Waals surface area contributed by atoms with E-state index in [2.05, 4.69) is 21.7 Å². The van der Waals surface area contributed by atoms with Crippen LogP contribution in [0.15, 0.2) is 0 Å². The molecular formula is C11H19NO4S2. The van der Waals surface area contributed by atoms with Gasteiger partial charge in [0.15, 0.2) is 0 Å². The minimum atomic E-state index is -0.723. The third-order valence-electron chi connectivity index (χ3n) is 2.30. The molecule has 0 saturated heterocycles. The summed E-state index contributed by atoms with van der Waals surface area (Å²) in [4.78, 5) is 34.3. The van der Waals surface area contributed by atoms with Crippen LogP contribution >= 0.6 is 22.5 Å². The Morgan fingerprint density at radius 1 is 1.28 bits per heavy atom. The number of hydrogen-bond acceptors (Lipinski definition) is 6. The molecule has 0 aliphatic rings. The van der Waals surface area contributed by atoms with E-state index in [9.17, 15) is 14.4 Å². The van der Waals surface area contributed by atoms with Crippen molar-refractivity contribution in [2.24, 2.45) is 5.92 Å². The van der Waals surface area contributed by atoms with Crippen molar-refractivity contribution in [2.75, 3.05) is 12.9 Å². The van der Waals surface area contributed by atoms with Gasteiger partial charge in [0, 0.05) is 24.5 Å². The number of amides is 1. The summed E-state index contributed by atoms with van der Waals surface area (Å²) in [6, 6.07) is -0.723.